The second-order valence-corrected chi connectivity index (χ2v) is 7.38. The quantitative estimate of drug-likeness (QED) is 0.788. The minimum Gasteiger partial charge on any atom is -0.314 e. The number of hydrogen-bond acceptors (Lipinski definition) is 3. The van der Waals surface area contributed by atoms with Gasteiger partial charge in [0.25, 0.3) is 0 Å². The van der Waals surface area contributed by atoms with Crippen molar-refractivity contribution in [2.75, 3.05) is 25.4 Å². The van der Waals surface area contributed by atoms with Gasteiger partial charge in [0.15, 0.2) is 0 Å². The number of nitrogens with one attached hydrogen (secondary N) is 1. The maximum absolute atomic E-state index is 11.9. The maximum atomic E-state index is 11.9. The lowest BCUT2D eigenvalue weighted by Crippen LogP contribution is -2.46. The Hall–Kier alpha value is -0.130. The van der Waals surface area contributed by atoms with Crippen molar-refractivity contribution in [2.45, 2.75) is 46.1 Å². The molecule has 1 heterocycles. The summed E-state index contributed by atoms with van der Waals surface area (Å²) in [6.45, 7) is 8.67. The van der Waals surface area contributed by atoms with Crippen LogP contribution in [0.4, 0.5) is 0 Å². The van der Waals surface area contributed by atoms with Gasteiger partial charge >= 0.3 is 0 Å². The van der Waals surface area contributed by atoms with Crippen molar-refractivity contribution in [3.05, 3.63) is 0 Å². The highest BCUT2D eigenvalue weighted by molar-refractivity contribution is 7.89. The molecule has 1 N–H and O–H groups in total. The summed E-state index contributed by atoms with van der Waals surface area (Å²) in [6, 6.07) is 0.491. The molecule has 5 heteroatoms. The summed E-state index contributed by atoms with van der Waals surface area (Å²) in [7, 11) is -2.98. The lowest BCUT2D eigenvalue weighted by molar-refractivity contribution is 0.284. The van der Waals surface area contributed by atoms with Gasteiger partial charge < -0.3 is 5.32 Å². The van der Waals surface area contributed by atoms with E-state index in [1.807, 2.05) is 6.92 Å². The Morgan fingerprint density at radius 1 is 1.29 bits per heavy atom. The largest absolute Gasteiger partial charge is 0.314 e. The van der Waals surface area contributed by atoms with E-state index in [1.54, 1.807) is 4.31 Å². The molecular formula is C12H26N2O2S. The fourth-order valence-corrected chi connectivity index (χ4v) is 3.67. The van der Waals surface area contributed by atoms with Gasteiger partial charge in [-0.15, -0.1) is 0 Å². The molecule has 1 saturated heterocycles. The molecule has 1 aliphatic rings. The Labute approximate surface area is 106 Å². The number of rotatable bonds is 6. The van der Waals surface area contributed by atoms with Crippen LogP contribution in [0.5, 0.6) is 0 Å². The molecule has 0 aromatic carbocycles. The standard InChI is InChI=1S/C12H26N2O2S/c1-4-9-17(15,16)14-7-5-12(6-8-14)13-10-11(2)3/h11-13H,4-10H2,1-3H3. The molecule has 0 spiro atoms. The van der Waals surface area contributed by atoms with Crippen LogP contribution < -0.4 is 5.32 Å². The van der Waals surface area contributed by atoms with Crippen molar-refractivity contribution >= 4 is 10.0 Å². The molecule has 0 aromatic heterocycles. The Kier molecular flexibility index (Phi) is 5.89. The first-order chi connectivity index (χ1) is 7.95. The Morgan fingerprint density at radius 3 is 2.35 bits per heavy atom. The average molecular weight is 262 g/mol. The first-order valence-corrected chi connectivity index (χ1v) is 8.27. The lowest BCUT2D eigenvalue weighted by atomic mass is 10.1. The molecule has 0 bridgehead atoms. The molecular weight excluding hydrogens is 236 g/mol. The van der Waals surface area contributed by atoms with Crippen LogP contribution in [0, 0.1) is 5.92 Å². The number of hydrogen-bond donors (Lipinski definition) is 1. The van der Waals surface area contributed by atoms with Crippen LogP contribution in [0.15, 0.2) is 0 Å². The number of piperidine rings is 1. The van der Waals surface area contributed by atoms with Gasteiger partial charge in [-0.25, -0.2) is 12.7 Å². The number of nitrogens with zero attached hydrogens (tertiary/aromatic N) is 1. The molecule has 1 aliphatic heterocycles. The van der Waals surface area contributed by atoms with E-state index in [9.17, 15) is 8.42 Å². The molecule has 4 nitrogen and oxygen atoms in total. The van der Waals surface area contributed by atoms with E-state index < -0.39 is 10.0 Å². The summed E-state index contributed by atoms with van der Waals surface area (Å²) in [6.07, 6.45) is 2.58. The van der Waals surface area contributed by atoms with Gasteiger partial charge in [0.2, 0.25) is 10.0 Å². The van der Waals surface area contributed by atoms with Gasteiger partial charge in [-0.05, 0) is 31.7 Å². The van der Waals surface area contributed by atoms with Gasteiger partial charge in [0.05, 0.1) is 5.75 Å². The van der Waals surface area contributed by atoms with Crippen molar-refractivity contribution < 1.29 is 8.42 Å². The SMILES string of the molecule is CCCS(=O)(=O)N1CCC(NCC(C)C)CC1. The average Bonchev–Trinajstić information content (AvgIpc) is 2.27. The molecule has 0 amide bonds. The van der Waals surface area contributed by atoms with Gasteiger partial charge in [-0.1, -0.05) is 20.8 Å². The summed E-state index contributed by atoms with van der Waals surface area (Å²) < 4.78 is 25.4. The Morgan fingerprint density at radius 2 is 1.88 bits per heavy atom. The predicted octanol–water partition coefficient (Wildman–Crippen LogP) is 1.44. The highest BCUT2D eigenvalue weighted by Crippen LogP contribution is 2.15. The van der Waals surface area contributed by atoms with Crippen LogP contribution in [-0.4, -0.2) is 44.2 Å². The molecule has 102 valence electrons. The fraction of sp³-hybridized carbons (Fsp3) is 1.00. The molecule has 0 unspecified atom stereocenters. The van der Waals surface area contributed by atoms with Gasteiger partial charge in [0, 0.05) is 19.1 Å². The van der Waals surface area contributed by atoms with Crippen LogP contribution in [0.1, 0.15) is 40.0 Å². The van der Waals surface area contributed by atoms with Crippen molar-refractivity contribution in [1.29, 1.82) is 0 Å². The zero-order chi connectivity index (χ0) is 12.9. The van der Waals surface area contributed by atoms with Crippen molar-refractivity contribution in [2.24, 2.45) is 5.92 Å². The van der Waals surface area contributed by atoms with E-state index in [0.29, 0.717) is 31.5 Å². The van der Waals surface area contributed by atoms with E-state index in [4.69, 9.17) is 0 Å². The summed E-state index contributed by atoms with van der Waals surface area (Å²) in [5.41, 5.74) is 0. The van der Waals surface area contributed by atoms with Gasteiger partial charge in [-0.2, -0.15) is 0 Å². The zero-order valence-corrected chi connectivity index (χ0v) is 12.1. The third kappa shape index (κ3) is 4.94. The second-order valence-electron chi connectivity index (χ2n) is 5.29. The molecule has 1 rings (SSSR count). The first-order valence-electron chi connectivity index (χ1n) is 6.67. The molecule has 0 radical (unpaired) electrons. The minimum absolute atomic E-state index is 0.289. The first kappa shape index (κ1) is 14.9. The zero-order valence-electron chi connectivity index (χ0n) is 11.3. The highest BCUT2D eigenvalue weighted by Gasteiger charge is 2.26. The molecule has 1 fully saturated rings. The van der Waals surface area contributed by atoms with Gasteiger partial charge in [0.1, 0.15) is 0 Å². The molecule has 0 saturated carbocycles. The predicted molar refractivity (Wildman–Crippen MR) is 71.5 cm³/mol. The third-order valence-corrected chi connectivity index (χ3v) is 5.20. The summed E-state index contributed by atoms with van der Waals surface area (Å²) >= 11 is 0. The maximum Gasteiger partial charge on any atom is 0.214 e. The second kappa shape index (κ2) is 6.71. The fourth-order valence-electron chi connectivity index (χ4n) is 2.13. The van der Waals surface area contributed by atoms with E-state index >= 15 is 0 Å². The lowest BCUT2D eigenvalue weighted by Gasteiger charge is -2.32. The summed E-state index contributed by atoms with van der Waals surface area (Å²) in [5, 5.41) is 3.50. The molecule has 0 aromatic rings. The van der Waals surface area contributed by atoms with Crippen molar-refractivity contribution in [3.8, 4) is 0 Å². The van der Waals surface area contributed by atoms with E-state index in [1.165, 1.54) is 0 Å². The molecule has 0 atom stereocenters. The van der Waals surface area contributed by atoms with Crippen molar-refractivity contribution in [3.63, 3.8) is 0 Å². The normalized spacial score (nSPS) is 20.0. The van der Waals surface area contributed by atoms with Crippen LogP contribution in [-0.2, 0) is 10.0 Å². The van der Waals surface area contributed by atoms with Gasteiger partial charge in [-0.3, -0.25) is 0 Å². The van der Waals surface area contributed by atoms with E-state index in [2.05, 4.69) is 19.2 Å². The van der Waals surface area contributed by atoms with E-state index in [-0.39, 0.29) is 5.75 Å². The van der Waals surface area contributed by atoms with Crippen molar-refractivity contribution in [1.82, 2.24) is 9.62 Å². The van der Waals surface area contributed by atoms with Crippen LogP contribution >= 0.6 is 0 Å². The van der Waals surface area contributed by atoms with Crippen LogP contribution in [0.3, 0.4) is 0 Å². The highest BCUT2D eigenvalue weighted by atomic mass is 32.2. The topological polar surface area (TPSA) is 49.4 Å². The summed E-state index contributed by atoms with van der Waals surface area (Å²) in [4.78, 5) is 0. The van der Waals surface area contributed by atoms with E-state index in [0.717, 1.165) is 19.4 Å². The number of sulfonamides is 1. The molecule has 17 heavy (non-hydrogen) atoms. The molecule has 0 aliphatic carbocycles. The Balaban J connectivity index is 2.35. The van der Waals surface area contributed by atoms with Crippen LogP contribution in [0.25, 0.3) is 0 Å². The monoisotopic (exact) mass is 262 g/mol. The van der Waals surface area contributed by atoms with Crippen LogP contribution in [0.2, 0.25) is 0 Å². The summed E-state index contributed by atoms with van der Waals surface area (Å²) in [5.74, 6) is 0.939. The Bertz CT molecular complexity index is 306. The third-order valence-electron chi connectivity index (χ3n) is 3.12. The minimum atomic E-state index is -2.98. The smallest absolute Gasteiger partial charge is 0.214 e.